The lowest BCUT2D eigenvalue weighted by Gasteiger charge is -2.08. The quantitative estimate of drug-likeness (QED) is 0.859. The molecule has 3 nitrogen and oxygen atoms in total. The molecule has 2 rings (SSSR count). The molecule has 0 bridgehead atoms. The van der Waals surface area contributed by atoms with E-state index in [0.717, 1.165) is 5.56 Å². The van der Waals surface area contributed by atoms with Crippen LogP contribution in [0.15, 0.2) is 42.5 Å². The molecule has 0 radical (unpaired) electrons. The van der Waals surface area contributed by atoms with Gasteiger partial charge in [-0.15, -0.1) is 0 Å². The molecule has 0 saturated heterocycles. The number of hydrogen-bond acceptors (Lipinski definition) is 3. The topological polar surface area (TPSA) is 46.5 Å². The van der Waals surface area contributed by atoms with Gasteiger partial charge in [0.05, 0.1) is 0 Å². The lowest BCUT2D eigenvalue weighted by atomic mass is 10.2. The van der Waals surface area contributed by atoms with E-state index in [1.54, 1.807) is 24.3 Å². The Kier molecular flexibility index (Phi) is 3.85. The molecule has 0 aromatic heterocycles. The number of phenols is 1. The third-order valence-electron chi connectivity index (χ3n) is 2.43. The predicted molar refractivity (Wildman–Crippen MR) is 69.3 cm³/mol. The van der Waals surface area contributed by atoms with Crippen LogP contribution in [0, 0.1) is 0 Å². The Morgan fingerprint density at radius 3 is 2.50 bits per heavy atom. The molecule has 0 atom stereocenters. The highest BCUT2D eigenvalue weighted by atomic mass is 35.5. The zero-order chi connectivity index (χ0) is 13.0. The largest absolute Gasteiger partial charge is 0.504 e. The van der Waals surface area contributed by atoms with E-state index < -0.39 is 0 Å². The molecule has 18 heavy (non-hydrogen) atoms. The SMILES string of the molecule is O=Cc1ccc(OCc2ccc(Cl)cc2)c(O)c1. The maximum absolute atomic E-state index is 10.5. The zero-order valence-corrected chi connectivity index (χ0v) is 10.2. The summed E-state index contributed by atoms with van der Waals surface area (Å²) in [4.78, 5) is 10.5. The van der Waals surface area contributed by atoms with Crippen LogP contribution < -0.4 is 4.74 Å². The Balaban J connectivity index is 2.06. The number of aromatic hydroxyl groups is 1. The Hall–Kier alpha value is -2.00. The third-order valence-corrected chi connectivity index (χ3v) is 2.68. The summed E-state index contributed by atoms with van der Waals surface area (Å²) in [7, 11) is 0. The van der Waals surface area contributed by atoms with Crippen molar-refractivity contribution in [2.75, 3.05) is 0 Å². The standard InChI is InChI=1S/C14H11ClO3/c15-12-4-1-10(2-5-12)9-18-14-6-3-11(8-16)7-13(14)17/h1-8,17H,9H2. The van der Waals surface area contributed by atoms with Crippen LogP contribution >= 0.6 is 11.6 Å². The molecular formula is C14H11ClO3. The third kappa shape index (κ3) is 3.02. The van der Waals surface area contributed by atoms with Crippen LogP contribution in [0.2, 0.25) is 5.02 Å². The van der Waals surface area contributed by atoms with E-state index in [0.29, 0.717) is 29.2 Å². The van der Waals surface area contributed by atoms with Crippen LogP contribution in [0.1, 0.15) is 15.9 Å². The van der Waals surface area contributed by atoms with E-state index in [4.69, 9.17) is 16.3 Å². The molecule has 2 aromatic carbocycles. The molecule has 92 valence electrons. The van der Waals surface area contributed by atoms with Gasteiger partial charge in [0.25, 0.3) is 0 Å². The Morgan fingerprint density at radius 1 is 1.17 bits per heavy atom. The van der Waals surface area contributed by atoms with Crippen molar-refractivity contribution >= 4 is 17.9 Å². The molecule has 0 aliphatic heterocycles. The summed E-state index contributed by atoms with van der Waals surface area (Å²) in [6.07, 6.45) is 0.669. The van der Waals surface area contributed by atoms with Crippen LogP contribution in [0.4, 0.5) is 0 Å². The van der Waals surface area contributed by atoms with Gasteiger partial charge in [-0.3, -0.25) is 4.79 Å². The molecule has 0 unspecified atom stereocenters. The second-order valence-corrected chi connectivity index (χ2v) is 4.20. The van der Waals surface area contributed by atoms with Crippen LogP contribution in [-0.4, -0.2) is 11.4 Å². The lowest BCUT2D eigenvalue weighted by molar-refractivity contribution is 0.112. The summed E-state index contributed by atoms with van der Waals surface area (Å²) in [5, 5.41) is 10.3. The molecule has 4 heteroatoms. The van der Waals surface area contributed by atoms with Gasteiger partial charge < -0.3 is 9.84 Å². The zero-order valence-electron chi connectivity index (χ0n) is 9.47. The van der Waals surface area contributed by atoms with Gasteiger partial charge in [0, 0.05) is 10.6 Å². The van der Waals surface area contributed by atoms with Gasteiger partial charge in [0.2, 0.25) is 0 Å². The first-order valence-electron chi connectivity index (χ1n) is 5.34. The van der Waals surface area contributed by atoms with Gasteiger partial charge in [-0.1, -0.05) is 23.7 Å². The van der Waals surface area contributed by atoms with Crippen molar-refractivity contribution in [1.82, 2.24) is 0 Å². The van der Waals surface area contributed by atoms with Crippen LogP contribution in [-0.2, 0) is 6.61 Å². The number of aldehydes is 1. The highest BCUT2D eigenvalue weighted by molar-refractivity contribution is 6.30. The average Bonchev–Trinajstić information content (AvgIpc) is 2.39. The summed E-state index contributed by atoms with van der Waals surface area (Å²) < 4.78 is 5.45. The summed E-state index contributed by atoms with van der Waals surface area (Å²) in [6, 6.07) is 11.8. The first-order chi connectivity index (χ1) is 8.69. The van der Waals surface area contributed by atoms with Crippen molar-refractivity contribution in [2.24, 2.45) is 0 Å². The predicted octanol–water partition coefficient (Wildman–Crippen LogP) is 3.44. The average molecular weight is 263 g/mol. The van der Waals surface area contributed by atoms with Crippen LogP contribution in [0.5, 0.6) is 11.5 Å². The van der Waals surface area contributed by atoms with Gasteiger partial charge in [0.15, 0.2) is 11.5 Å². The van der Waals surface area contributed by atoms with Crippen molar-refractivity contribution in [3.8, 4) is 11.5 Å². The van der Waals surface area contributed by atoms with Crippen molar-refractivity contribution < 1.29 is 14.6 Å². The Labute approximate surface area is 110 Å². The van der Waals surface area contributed by atoms with Gasteiger partial charge in [-0.2, -0.15) is 0 Å². The maximum Gasteiger partial charge on any atom is 0.161 e. The first-order valence-corrected chi connectivity index (χ1v) is 5.72. The van der Waals surface area contributed by atoms with E-state index in [2.05, 4.69) is 0 Å². The number of carbonyl (C=O) groups excluding carboxylic acids is 1. The smallest absolute Gasteiger partial charge is 0.161 e. The van der Waals surface area contributed by atoms with E-state index in [-0.39, 0.29) is 5.75 Å². The van der Waals surface area contributed by atoms with Crippen LogP contribution in [0.3, 0.4) is 0 Å². The molecule has 1 N–H and O–H groups in total. The van der Waals surface area contributed by atoms with Crippen molar-refractivity contribution in [1.29, 1.82) is 0 Å². The fourth-order valence-corrected chi connectivity index (χ4v) is 1.60. The minimum Gasteiger partial charge on any atom is -0.504 e. The van der Waals surface area contributed by atoms with Crippen LogP contribution in [0.25, 0.3) is 0 Å². The van der Waals surface area contributed by atoms with E-state index in [9.17, 15) is 9.90 Å². The number of rotatable bonds is 4. The number of carbonyl (C=O) groups is 1. The van der Waals surface area contributed by atoms with Crippen molar-refractivity contribution in [2.45, 2.75) is 6.61 Å². The molecule has 0 aliphatic carbocycles. The molecule has 0 spiro atoms. The number of halogens is 1. The number of hydrogen-bond donors (Lipinski definition) is 1. The molecule has 0 aliphatic rings. The van der Waals surface area contributed by atoms with Crippen molar-refractivity contribution in [3.63, 3.8) is 0 Å². The molecule has 0 heterocycles. The summed E-state index contributed by atoms with van der Waals surface area (Å²) in [6.45, 7) is 0.325. The minimum atomic E-state index is -0.0476. The van der Waals surface area contributed by atoms with E-state index in [1.807, 2.05) is 12.1 Å². The summed E-state index contributed by atoms with van der Waals surface area (Å²) in [5.41, 5.74) is 1.35. The number of benzene rings is 2. The Bertz CT molecular complexity index is 549. The number of phenolic OH excluding ortho intramolecular Hbond substituents is 1. The minimum absolute atomic E-state index is 0.0476. The number of ether oxygens (including phenoxy) is 1. The normalized spacial score (nSPS) is 10.1. The van der Waals surface area contributed by atoms with Gasteiger partial charge in [-0.05, 0) is 35.9 Å². The molecular weight excluding hydrogens is 252 g/mol. The van der Waals surface area contributed by atoms with Crippen molar-refractivity contribution in [3.05, 3.63) is 58.6 Å². The molecule has 0 amide bonds. The van der Waals surface area contributed by atoms with E-state index >= 15 is 0 Å². The molecule has 2 aromatic rings. The summed E-state index contributed by atoms with van der Waals surface area (Å²) in [5.74, 6) is 0.295. The Morgan fingerprint density at radius 2 is 1.89 bits per heavy atom. The second kappa shape index (κ2) is 5.56. The highest BCUT2D eigenvalue weighted by Gasteiger charge is 2.04. The van der Waals surface area contributed by atoms with Gasteiger partial charge >= 0.3 is 0 Å². The summed E-state index contributed by atoms with van der Waals surface area (Å²) >= 11 is 5.77. The lowest BCUT2D eigenvalue weighted by Crippen LogP contribution is -1.95. The first kappa shape index (κ1) is 12.5. The fraction of sp³-hybridized carbons (Fsp3) is 0.0714. The highest BCUT2D eigenvalue weighted by Crippen LogP contribution is 2.27. The second-order valence-electron chi connectivity index (χ2n) is 3.76. The molecule has 0 fully saturated rings. The van der Waals surface area contributed by atoms with E-state index in [1.165, 1.54) is 6.07 Å². The molecule has 0 saturated carbocycles. The van der Waals surface area contributed by atoms with Gasteiger partial charge in [-0.25, -0.2) is 0 Å². The maximum atomic E-state index is 10.5. The van der Waals surface area contributed by atoms with Gasteiger partial charge in [0.1, 0.15) is 12.9 Å². The monoisotopic (exact) mass is 262 g/mol. The fourth-order valence-electron chi connectivity index (χ4n) is 1.47.